The van der Waals surface area contributed by atoms with E-state index in [1.807, 2.05) is 6.07 Å². The van der Waals surface area contributed by atoms with Crippen LogP contribution >= 0.6 is 0 Å². The van der Waals surface area contributed by atoms with Gasteiger partial charge in [0, 0.05) is 0 Å². The van der Waals surface area contributed by atoms with Crippen LogP contribution in [0.15, 0.2) is 55.1 Å². The quantitative estimate of drug-likeness (QED) is 0.242. The van der Waals surface area contributed by atoms with Crippen molar-refractivity contribution in [2.24, 2.45) is 0 Å². The van der Waals surface area contributed by atoms with Crippen molar-refractivity contribution >= 4 is 5.97 Å². The van der Waals surface area contributed by atoms with Crippen LogP contribution in [0.3, 0.4) is 0 Å². The molecule has 0 radical (unpaired) electrons. The molecule has 3 nitrogen and oxygen atoms in total. The normalized spacial score (nSPS) is 9.50. The Kier molecular flexibility index (Phi) is 5.02. The second-order valence-electron chi connectivity index (χ2n) is 3.11. The highest BCUT2D eigenvalue weighted by Gasteiger charge is 2.09. The number of benzene rings is 1. The summed E-state index contributed by atoms with van der Waals surface area (Å²) >= 11 is 0. The average Bonchev–Trinajstić information content (AvgIpc) is 2.30. The monoisotopic (exact) mass is 218 g/mol. The van der Waals surface area contributed by atoms with Crippen LogP contribution in [0.2, 0.25) is 0 Å². The topological polar surface area (TPSA) is 35.5 Å². The Morgan fingerprint density at radius 3 is 2.62 bits per heavy atom. The van der Waals surface area contributed by atoms with E-state index in [0.29, 0.717) is 12.4 Å². The van der Waals surface area contributed by atoms with Gasteiger partial charge in [-0.25, -0.2) is 4.79 Å². The Labute approximate surface area is 95.0 Å². The van der Waals surface area contributed by atoms with Crippen molar-refractivity contribution in [3.05, 3.63) is 55.1 Å². The Morgan fingerprint density at radius 2 is 2.00 bits per heavy atom. The maximum absolute atomic E-state index is 11.5. The molecule has 1 aromatic carbocycles. The van der Waals surface area contributed by atoms with Gasteiger partial charge < -0.3 is 9.47 Å². The fraction of sp³-hybridized carbons (Fsp3) is 0.154. The molecule has 0 saturated heterocycles. The summed E-state index contributed by atoms with van der Waals surface area (Å²) in [6.45, 7) is 7.63. The summed E-state index contributed by atoms with van der Waals surface area (Å²) < 4.78 is 10.1. The minimum Gasteiger partial charge on any atom is -0.423 e. The van der Waals surface area contributed by atoms with Crippen molar-refractivity contribution in [3.8, 4) is 5.75 Å². The van der Waals surface area contributed by atoms with E-state index in [-0.39, 0.29) is 12.2 Å². The zero-order chi connectivity index (χ0) is 11.8. The molecule has 0 fully saturated rings. The molecule has 16 heavy (non-hydrogen) atoms. The van der Waals surface area contributed by atoms with Gasteiger partial charge in [-0.1, -0.05) is 30.9 Å². The van der Waals surface area contributed by atoms with E-state index in [9.17, 15) is 4.79 Å². The first-order valence-electron chi connectivity index (χ1n) is 4.87. The molecule has 0 unspecified atom stereocenters. The van der Waals surface area contributed by atoms with Gasteiger partial charge in [0.15, 0.2) is 0 Å². The van der Waals surface area contributed by atoms with E-state index in [0.717, 1.165) is 0 Å². The zero-order valence-electron chi connectivity index (χ0n) is 9.02. The molecule has 0 amide bonds. The van der Waals surface area contributed by atoms with Crippen LogP contribution in [0.4, 0.5) is 0 Å². The summed E-state index contributed by atoms with van der Waals surface area (Å²) in [5, 5.41) is 0. The van der Waals surface area contributed by atoms with E-state index in [1.54, 1.807) is 30.3 Å². The maximum atomic E-state index is 11.5. The molecule has 84 valence electrons. The second-order valence-corrected chi connectivity index (χ2v) is 3.11. The van der Waals surface area contributed by atoms with Crippen LogP contribution in [0, 0.1) is 0 Å². The van der Waals surface area contributed by atoms with Crippen LogP contribution in [0.5, 0.6) is 5.75 Å². The number of ether oxygens (including phenoxy) is 2. The number of esters is 1. The molecule has 3 heteroatoms. The highest BCUT2D eigenvalue weighted by atomic mass is 16.5. The molecule has 0 spiro atoms. The molecule has 1 rings (SSSR count). The summed E-state index contributed by atoms with van der Waals surface area (Å²) in [7, 11) is 0. The number of rotatable bonds is 6. The molecule has 1 aromatic rings. The minimum atomic E-state index is -0.477. The number of carbonyl (C=O) groups excluding carboxylic acids is 1. The molecular weight excluding hydrogens is 204 g/mol. The van der Waals surface area contributed by atoms with Crippen LogP contribution in [0.1, 0.15) is 0 Å². The molecular formula is C13H14O3. The van der Waals surface area contributed by atoms with Gasteiger partial charge in [-0.05, 0) is 12.1 Å². The molecule has 0 aliphatic carbocycles. The molecule has 0 heterocycles. The van der Waals surface area contributed by atoms with Crippen molar-refractivity contribution in [1.29, 1.82) is 0 Å². The lowest BCUT2D eigenvalue weighted by atomic mass is 10.3. The molecule has 0 saturated carbocycles. The van der Waals surface area contributed by atoms with E-state index in [4.69, 9.17) is 9.47 Å². The van der Waals surface area contributed by atoms with Crippen LogP contribution in [-0.2, 0) is 9.53 Å². The van der Waals surface area contributed by atoms with Gasteiger partial charge in [0.1, 0.15) is 5.75 Å². The lowest BCUT2D eigenvalue weighted by Gasteiger charge is -2.06. The standard InChI is InChI=1S/C13H14O3/c1-3-9-15-10-11(2)13(14)16-12-7-5-4-6-8-12/h3-8H,1-2,9-10H2. The highest BCUT2D eigenvalue weighted by Crippen LogP contribution is 2.10. The van der Waals surface area contributed by atoms with Crippen molar-refractivity contribution in [2.75, 3.05) is 13.2 Å². The van der Waals surface area contributed by atoms with Gasteiger partial charge in [-0.15, -0.1) is 6.58 Å². The first kappa shape index (κ1) is 12.2. The van der Waals surface area contributed by atoms with E-state index >= 15 is 0 Å². The summed E-state index contributed by atoms with van der Waals surface area (Å²) in [4.78, 5) is 11.5. The first-order chi connectivity index (χ1) is 7.74. The van der Waals surface area contributed by atoms with Crippen LogP contribution < -0.4 is 4.74 Å². The maximum Gasteiger partial charge on any atom is 0.341 e. The molecule has 0 aliphatic heterocycles. The summed E-state index contributed by atoms with van der Waals surface area (Å²) in [5.41, 5.74) is 0.283. The minimum absolute atomic E-state index is 0.150. The van der Waals surface area contributed by atoms with Gasteiger partial charge in [0.05, 0.1) is 18.8 Å². The summed E-state index contributed by atoms with van der Waals surface area (Å²) in [6.07, 6.45) is 1.61. The van der Waals surface area contributed by atoms with E-state index < -0.39 is 5.97 Å². The van der Waals surface area contributed by atoms with Crippen molar-refractivity contribution in [2.45, 2.75) is 0 Å². The molecule has 0 N–H and O–H groups in total. The Morgan fingerprint density at radius 1 is 1.31 bits per heavy atom. The number of hydrogen-bond acceptors (Lipinski definition) is 3. The highest BCUT2D eigenvalue weighted by molar-refractivity contribution is 5.89. The van der Waals surface area contributed by atoms with Gasteiger partial charge in [-0.2, -0.15) is 0 Å². The third-order valence-electron chi connectivity index (χ3n) is 1.75. The lowest BCUT2D eigenvalue weighted by molar-refractivity contribution is -0.130. The molecule has 0 aromatic heterocycles. The van der Waals surface area contributed by atoms with Crippen LogP contribution in [-0.4, -0.2) is 19.2 Å². The van der Waals surface area contributed by atoms with Gasteiger partial charge in [0.2, 0.25) is 0 Å². The van der Waals surface area contributed by atoms with Crippen molar-refractivity contribution < 1.29 is 14.3 Å². The molecule has 0 bridgehead atoms. The molecule has 0 aliphatic rings. The number of hydrogen-bond donors (Lipinski definition) is 0. The largest absolute Gasteiger partial charge is 0.423 e. The Balaban J connectivity index is 2.40. The SMILES string of the molecule is C=CCOCC(=C)C(=O)Oc1ccccc1. The number of carbonyl (C=O) groups is 1. The smallest absolute Gasteiger partial charge is 0.341 e. The van der Waals surface area contributed by atoms with Gasteiger partial charge in [-0.3, -0.25) is 0 Å². The zero-order valence-corrected chi connectivity index (χ0v) is 9.02. The summed E-state index contributed by atoms with van der Waals surface area (Å²) in [6, 6.07) is 8.84. The van der Waals surface area contributed by atoms with Gasteiger partial charge in [0.25, 0.3) is 0 Å². The predicted octanol–water partition coefficient (Wildman–Crippen LogP) is 2.35. The summed E-state index contributed by atoms with van der Waals surface area (Å²) in [5.74, 6) is 0.0210. The van der Waals surface area contributed by atoms with E-state index in [1.165, 1.54) is 0 Å². The fourth-order valence-electron chi connectivity index (χ4n) is 0.992. The van der Waals surface area contributed by atoms with Crippen molar-refractivity contribution in [1.82, 2.24) is 0 Å². The fourth-order valence-corrected chi connectivity index (χ4v) is 0.992. The second kappa shape index (κ2) is 6.58. The average molecular weight is 218 g/mol. The first-order valence-corrected chi connectivity index (χ1v) is 4.87. The van der Waals surface area contributed by atoms with Crippen LogP contribution in [0.25, 0.3) is 0 Å². The number of para-hydroxylation sites is 1. The van der Waals surface area contributed by atoms with E-state index in [2.05, 4.69) is 13.2 Å². The Bertz CT molecular complexity index is 368. The van der Waals surface area contributed by atoms with Gasteiger partial charge >= 0.3 is 5.97 Å². The molecule has 0 atom stereocenters. The van der Waals surface area contributed by atoms with Crippen molar-refractivity contribution in [3.63, 3.8) is 0 Å². The third kappa shape index (κ3) is 4.11. The Hall–Kier alpha value is -1.87. The third-order valence-corrected chi connectivity index (χ3v) is 1.75. The lowest BCUT2D eigenvalue weighted by Crippen LogP contribution is -2.14. The predicted molar refractivity (Wildman–Crippen MR) is 62.2 cm³/mol.